The van der Waals surface area contributed by atoms with E-state index in [0.29, 0.717) is 17.4 Å². The van der Waals surface area contributed by atoms with Crippen LogP contribution >= 0.6 is 23.1 Å². The number of hydrogen-bond donors (Lipinski definition) is 1. The zero-order valence-corrected chi connectivity index (χ0v) is 20.8. The van der Waals surface area contributed by atoms with Gasteiger partial charge in [0.15, 0.2) is 21.6 Å². The Balaban J connectivity index is 1.23. The van der Waals surface area contributed by atoms with E-state index in [1.165, 1.54) is 23.1 Å². The second-order valence-electron chi connectivity index (χ2n) is 8.08. The molecule has 0 saturated heterocycles. The van der Waals surface area contributed by atoms with E-state index in [1.54, 1.807) is 0 Å². The van der Waals surface area contributed by atoms with Crippen LogP contribution < -0.4 is 14.8 Å². The first-order valence-electron chi connectivity index (χ1n) is 10.9. The summed E-state index contributed by atoms with van der Waals surface area (Å²) < 4.78 is 13.8. The lowest BCUT2D eigenvalue weighted by molar-refractivity contribution is 0.102. The number of anilines is 2. The molecule has 0 saturated carbocycles. The third kappa shape index (κ3) is 4.67. The molecule has 174 valence electrons. The molecule has 2 aromatic heterocycles. The van der Waals surface area contributed by atoms with Crippen molar-refractivity contribution in [2.75, 3.05) is 17.9 Å². The molecule has 0 spiro atoms. The number of rotatable bonds is 8. The van der Waals surface area contributed by atoms with Gasteiger partial charge in [0.1, 0.15) is 0 Å². The Labute approximate surface area is 206 Å². The first-order valence-corrected chi connectivity index (χ1v) is 12.7. The van der Waals surface area contributed by atoms with Gasteiger partial charge in [-0.05, 0) is 56.2 Å². The summed E-state index contributed by atoms with van der Waals surface area (Å²) in [6.07, 6.45) is 0. The van der Waals surface area contributed by atoms with E-state index in [4.69, 9.17) is 9.47 Å². The molecule has 34 heavy (non-hydrogen) atoms. The number of thioether (sulfide) groups is 1. The van der Waals surface area contributed by atoms with E-state index in [-0.39, 0.29) is 12.6 Å². The number of Topliss-reactive ketones (excluding diaryl/α,β-unsaturated/α-hetero) is 1. The zero-order valence-electron chi connectivity index (χ0n) is 19.1. The van der Waals surface area contributed by atoms with Gasteiger partial charge in [-0.3, -0.25) is 4.79 Å². The summed E-state index contributed by atoms with van der Waals surface area (Å²) in [6.45, 7) is 6.99. The molecule has 1 aliphatic rings. The number of para-hydroxylation sites is 1. The quantitative estimate of drug-likeness (QED) is 0.247. The minimum atomic E-state index is 0.0821. The van der Waals surface area contributed by atoms with Crippen molar-refractivity contribution in [2.45, 2.75) is 31.7 Å². The van der Waals surface area contributed by atoms with Crippen LogP contribution in [-0.2, 0) is 6.54 Å². The molecule has 0 fully saturated rings. The SMILES string of the molecule is Cc1ccccc1Nc1nnc(SCC(=O)c2cc(C)n(Cc3ccc4c(c3)OCO4)c2C)s1. The summed E-state index contributed by atoms with van der Waals surface area (Å²) >= 11 is 2.86. The van der Waals surface area contributed by atoms with E-state index in [1.807, 2.05) is 69.3 Å². The van der Waals surface area contributed by atoms with Crippen molar-refractivity contribution in [2.24, 2.45) is 0 Å². The Morgan fingerprint density at radius 3 is 2.76 bits per heavy atom. The van der Waals surface area contributed by atoms with Gasteiger partial charge in [0.05, 0.1) is 5.75 Å². The maximum Gasteiger partial charge on any atom is 0.231 e. The minimum Gasteiger partial charge on any atom is -0.454 e. The highest BCUT2D eigenvalue weighted by molar-refractivity contribution is 8.01. The van der Waals surface area contributed by atoms with Crippen molar-refractivity contribution in [3.8, 4) is 11.5 Å². The van der Waals surface area contributed by atoms with Gasteiger partial charge in [-0.2, -0.15) is 0 Å². The third-order valence-corrected chi connectivity index (χ3v) is 7.74. The lowest BCUT2D eigenvalue weighted by Gasteiger charge is -2.10. The van der Waals surface area contributed by atoms with E-state index < -0.39 is 0 Å². The highest BCUT2D eigenvalue weighted by Gasteiger charge is 2.19. The fourth-order valence-corrected chi connectivity index (χ4v) is 5.55. The Hall–Kier alpha value is -3.30. The molecule has 1 aliphatic heterocycles. The molecule has 2 aromatic carbocycles. The number of fused-ring (bicyclic) bond motifs is 1. The minimum absolute atomic E-state index is 0.0821. The van der Waals surface area contributed by atoms with Gasteiger partial charge in [0, 0.05) is 29.2 Å². The number of benzene rings is 2. The number of carbonyl (C=O) groups excluding carboxylic acids is 1. The fraction of sp³-hybridized carbons (Fsp3) is 0.240. The number of ether oxygens (including phenoxy) is 2. The molecule has 4 aromatic rings. The average Bonchev–Trinajstić information content (AvgIpc) is 3.55. The topological polar surface area (TPSA) is 78.3 Å². The van der Waals surface area contributed by atoms with Crippen LogP contribution in [0.4, 0.5) is 10.8 Å². The molecule has 0 aliphatic carbocycles. The lowest BCUT2D eigenvalue weighted by Crippen LogP contribution is -2.07. The number of nitrogens with zero attached hydrogens (tertiary/aromatic N) is 3. The van der Waals surface area contributed by atoms with Crippen molar-refractivity contribution in [1.82, 2.24) is 14.8 Å². The first kappa shape index (κ1) is 22.5. The van der Waals surface area contributed by atoms with Crippen molar-refractivity contribution in [1.29, 1.82) is 0 Å². The number of nitrogens with one attached hydrogen (secondary N) is 1. The molecule has 0 radical (unpaired) electrons. The van der Waals surface area contributed by atoms with E-state index >= 15 is 0 Å². The lowest BCUT2D eigenvalue weighted by atomic mass is 10.1. The smallest absolute Gasteiger partial charge is 0.231 e. The van der Waals surface area contributed by atoms with Crippen LogP contribution in [0.5, 0.6) is 11.5 Å². The molecule has 7 nitrogen and oxygen atoms in total. The number of ketones is 1. The van der Waals surface area contributed by atoms with E-state index in [0.717, 1.165) is 49.6 Å². The second kappa shape index (κ2) is 9.52. The van der Waals surface area contributed by atoms with Crippen LogP contribution in [0.1, 0.15) is 32.9 Å². The van der Waals surface area contributed by atoms with Crippen molar-refractivity contribution in [3.63, 3.8) is 0 Å². The Kier molecular flexibility index (Phi) is 6.30. The highest BCUT2D eigenvalue weighted by Crippen LogP contribution is 2.33. The van der Waals surface area contributed by atoms with Gasteiger partial charge < -0.3 is 19.4 Å². The zero-order chi connectivity index (χ0) is 23.7. The highest BCUT2D eigenvalue weighted by atomic mass is 32.2. The molecular formula is C25H24N4O3S2. The van der Waals surface area contributed by atoms with Gasteiger partial charge in [-0.1, -0.05) is 47.4 Å². The maximum absolute atomic E-state index is 13.0. The predicted octanol–water partition coefficient (Wildman–Crippen LogP) is 5.76. The second-order valence-corrected chi connectivity index (χ2v) is 10.3. The average molecular weight is 493 g/mol. The van der Waals surface area contributed by atoms with Crippen LogP contribution in [0.2, 0.25) is 0 Å². The van der Waals surface area contributed by atoms with Crippen molar-refractivity contribution in [3.05, 3.63) is 76.6 Å². The predicted molar refractivity (Wildman–Crippen MR) is 135 cm³/mol. The van der Waals surface area contributed by atoms with Gasteiger partial charge >= 0.3 is 0 Å². The summed E-state index contributed by atoms with van der Waals surface area (Å²) in [5, 5.41) is 12.5. The van der Waals surface area contributed by atoms with Gasteiger partial charge in [-0.15, -0.1) is 10.2 Å². The largest absolute Gasteiger partial charge is 0.454 e. The number of aromatic nitrogens is 3. The standard InChI is InChI=1S/C25H24N4O3S2/c1-15-6-4-5-7-20(15)26-24-27-28-25(34-24)33-13-21(30)19-10-16(2)29(17(19)3)12-18-8-9-22-23(11-18)32-14-31-22/h4-11H,12-14H2,1-3H3,(H,26,27). The van der Waals surface area contributed by atoms with Gasteiger partial charge in [0.25, 0.3) is 0 Å². The summed E-state index contributed by atoms with van der Waals surface area (Å²) in [4.78, 5) is 13.0. The molecule has 0 unspecified atom stereocenters. The van der Waals surface area contributed by atoms with Crippen LogP contribution in [0.3, 0.4) is 0 Å². The molecule has 9 heteroatoms. The normalized spacial score (nSPS) is 12.2. The van der Waals surface area contributed by atoms with Crippen LogP contribution in [0, 0.1) is 20.8 Å². The van der Waals surface area contributed by atoms with Crippen LogP contribution in [-0.4, -0.2) is 33.1 Å². The third-order valence-electron chi connectivity index (χ3n) is 5.77. The summed E-state index contributed by atoms with van der Waals surface area (Å²) in [6, 6.07) is 16.0. The molecule has 1 N–H and O–H groups in total. The first-order chi connectivity index (χ1) is 16.5. The molecule has 0 atom stereocenters. The van der Waals surface area contributed by atoms with Crippen LogP contribution in [0.15, 0.2) is 52.9 Å². The summed E-state index contributed by atoms with van der Waals surface area (Å²) in [7, 11) is 0. The monoisotopic (exact) mass is 492 g/mol. The molecular weight excluding hydrogens is 468 g/mol. The fourth-order valence-electron chi connectivity index (χ4n) is 3.90. The Morgan fingerprint density at radius 2 is 1.91 bits per heavy atom. The van der Waals surface area contributed by atoms with Crippen LogP contribution in [0.25, 0.3) is 0 Å². The van der Waals surface area contributed by atoms with Crippen molar-refractivity contribution >= 4 is 39.7 Å². The molecule has 5 rings (SSSR count). The maximum atomic E-state index is 13.0. The van der Waals surface area contributed by atoms with E-state index in [2.05, 4.69) is 20.1 Å². The summed E-state index contributed by atoms with van der Waals surface area (Å²) in [5.74, 6) is 1.93. The van der Waals surface area contributed by atoms with Gasteiger partial charge in [0.2, 0.25) is 11.9 Å². The molecule has 0 bridgehead atoms. The summed E-state index contributed by atoms with van der Waals surface area (Å²) in [5.41, 5.74) is 5.99. The van der Waals surface area contributed by atoms with Crippen molar-refractivity contribution < 1.29 is 14.3 Å². The van der Waals surface area contributed by atoms with Gasteiger partial charge in [-0.25, -0.2) is 0 Å². The van der Waals surface area contributed by atoms with E-state index in [9.17, 15) is 4.79 Å². The molecule has 3 heterocycles. The number of hydrogen-bond acceptors (Lipinski definition) is 8. The number of aryl methyl sites for hydroxylation is 2. The number of carbonyl (C=O) groups is 1. The molecule has 0 amide bonds. The Morgan fingerprint density at radius 1 is 1.09 bits per heavy atom. The Bertz CT molecular complexity index is 1360.